The lowest BCUT2D eigenvalue weighted by atomic mass is 10.1. The van der Waals surface area contributed by atoms with Gasteiger partial charge in [-0.25, -0.2) is 0 Å². The van der Waals surface area contributed by atoms with Crippen molar-refractivity contribution in [1.82, 2.24) is 10.2 Å². The van der Waals surface area contributed by atoms with Gasteiger partial charge in [-0.2, -0.15) is 0 Å². The molecule has 5 heteroatoms. The molecular formula is C23H33BrN2O2. The first-order valence-electron chi connectivity index (χ1n) is 10.0. The van der Waals surface area contributed by atoms with Crippen molar-refractivity contribution in [3.63, 3.8) is 0 Å². The molecule has 4 nitrogen and oxygen atoms in total. The van der Waals surface area contributed by atoms with E-state index in [1.807, 2.05) is 12.1 Å². The zero-order chi connectivity index (χ0) is 20.4. The molecule has 0 saturated carbocycles. The molecule has 0 aliphatic carbocycles. The Balaban J connectivity index is 1.91. The highest BCUT2D eigenvalue weighted by Gasteiger charge is 2.11. The zero-order valence-corrected chi connectivity index (χ0v) is 19.1. The van der Waals surface area contributed by atoms with Crippen LogP contribution in [0.3, 0.4) is 0 Å². The number of halogens is 1. The Bertz CT molecular complexity index is 733. The standard InChI is InChI=1S/C23H33BrN2O2/c1-5-26(6-2)12-8-11-25-16-20-14-22(27-4)23(15-21(20)24)28-17-19-10-7-9-18(3)13-19/h7,9-10,13-15,25H,5-6,8,11-12,16-17H2,1-4H3. The van der Waals surface area contributed by atoms with Crippen LogP contribution in [-0.2, 0) is 13.2 Å². The molecule has 2 aromatic carbocycles. The molecule has 0 fully saturated rings. The predicted octanol–water partition coefficient (Wildman–Crippen LogP) is 5.17. The number of hydrogen-bond donors (Lipinski definition) is 1. The van der Waals surface area contributed by atoms with E-state index in [1.165, 1.54) is 11.1 Å². The van der Waals surface area contributed by atoms with Gasteiger partial charge in [0.05, 0.1) is 7.11 Å². The molecule has 0 unspecified atom stereocenters. The van der Waals surface area contributed by atoms with E-state index in [4.69, 9.17) is 9.47 Å². The molecule has 2 aromatic rings. The molecule has 0 saturated heterocycles. The van der Waals surface area contributed by atoms with Crippen molar-refractivity contribution in [1.29, 1.82) is 0 Å². The van der Waals surface area contributed by atoms with Gasteiger partial charge in [0.15, 0.2) is 11.5 Å². The molecule has 0 spiro atoms. The third-order valence-corrected chi connectivity index (χ3v) is 5.59. The average Bonchev–Trinajstić information content (AvgIpc) is 2.70. The second-order valence-electron chi connectivity index (χ2n) is 6.93. The lowest BCUT2D eigenvalue weighted by Gasteiger charge is -2.18. The second-order valence-corrected chi connectivity index (χ2v) is 7.78. The van der Waals surface area contributed by atoms with Crippen molar-refractivity contribution in [2.24, 2.45) is 0 Å². The van der Waals surface area contributed by atoms with Crippen LogP contribution in [0.25, 0.3) is 0 Å². The molecular weight excluding hydrogens is 416 g/mol. The van der Waals surface area contributed by atoms with E-state index < -0.39 is 0 Å². The number of benzene rings is 2. The van der Waals surface area contributed by atoms with Crippen LogP contribution in [-0.4, -0.2) is 38.2 Å². The topological polar surface area (TPSA) is 33.7 Å². The van der Waals surface area contributed by atoms with Crippen LogP contribution in [0, 0.1) is 6.92 Å². The zero-order valence-electron chi connectivity index (χ0n) is 17.6. The summed E-state index contributed by atoms with van der Waals surface area (Å²) in [6.45, 7) is 12.2. The monoisotopic (exact) mass is 448 g/mol. The number of aryl methyl sites for hydroxylation is 1. The summed E-state index contributed by atoms with van der Waals surface area (Å²) in [5.41, 5.74) is 3.55. The van der Waals surface area contributed by atoms with Gasteiger partial charge in [-0.1, -0.05) is 59.6 Å². The number of nitrogens with one attached hydrogen (secondary N) is 1. The van der Waals surface area contributed by atoms with Crippen molar-refractivity contribution in [3.05, 3.63) is 57.6 Å². The van der Waals surface area contributed by atoms with Crippen LogP contribution >= 0.6 is 15.9 Å². The van der Waals surface area contributed by atoms with Crippen LogP contribution in [0.15, 0.2) is 40.9 Å². The summed E-state index contributed by atoms with van der Waals surface area (Å²) in [6.07, 6.45) is 1.15. The molecule has 2 rings (SSSR count). The van der Waals surface area contributed by atoms with Gasteiger partial charge >= 0.3 is 0 Å². The average molecular weight is 449 g/mol. The third kappa shape index (κ3) is 7.12. The Hall–Kier alpha value is -1.56. The fraction of sp³-hybridized carbons (Fsp3) is 0.478. The SMILES string of the molecule is CCN(CC)CCCNCc1cc(OC)c(OCc2cccc(C)c2)cc1Br. The maximum absolute atomic E-state index is 6.02. The van der Waals surface area contributed by atoms with Crippen molar-refractivity contribution in [3.8, 4) is 11.5 Å². The van der Waals surface area contributed by atoms with Gasteiger partial charge < -0.3 is 19.7 Å². The number of hydrogen-bond acceptors (Lipinski definition) is 4. The van der Waals surface area contributed by atoms with Crippen LogP contribution < -0.4 is 14.8 Å². The Kier molecular flexibility index (Phi) is 9.82. The van der Waals surface area contributed by atoms with Gasteiger partial charge in [-0.05, 0) is 62.8 Å². The fourth-order valence-electron chi connectivity index (χ4n) is 3.14. The summed E-state index contributed by atoms with van der Waals surface area (Å²) in [5, 5.41) is 3.53. The van der Waals surface area contributed by atoms with Crippen LogP contribution in [0.2, 0.25) is 0 Å². The number of nitrogens with zero attached hydrogens (tertiary/aromatic N) is 1. The van der Waals surface area contributed by atoms with E-state index in [9.17, 15) is 0 Å². The summed E-state index contributed by atoms with van der Waals surface area (Å²) >= 11 is 3.68. The van der Waals surface area contributed by atoms with Crippen LogP contribution in [0.4, 0.5) is 0 Å². The molecule has 154 valence electrons. The normalized spacial score (nSPS) is 11.1. The van der Waals surface area contributed by atoms with Gasteiger partial charge in [0, 0.05) is 11.0 Å². The van der Waals surface area contributed by atoms with Crippen molar-refractivity contribution < 1.29 is 9.47 Å². The molecule has 0 amide bonds. The highest BCUT2D eigenvalue weighted by atomic mass is 79.9. The maximum atomic E-state index is 6.02. The molecule has 0 aromatic heterocycles. The second kappa shape index (κ2) is 12.1. The summed E-state index contributed by atoms with van der Waals surface area (Å²) in [6, 6.07) is 12.4. The van der Waals surface area contributed by atoms with Gasteiger partial charge in [-0.15, -0.1) is 0 Å². The van der Waals surface area contributed by atoms with E-state index in [0.717, 1.165) is 60.7 Å². The molecule has 0 heterocycles. The quantitative estimate of drug-likeness (QED) is 0.454. The van der Waals surface area contributed by atoms with Gasteiger partial charge in [0.2, 0.25) is 0 Å². The molecule has 0 bridgehead atoms. The summed E-state index contributed by atoms with van der Waals surface area (Å²) < 4.78 is 12.6. The first-order valence-corrected chi connectivity index (χ1v) is 10.8. The van der Waals surface area contributed by atoms with E-state index in [-0.39, 0.29) is 0 Å². The lowest BCUT2D eigenvalue weighted by molar-refractivity contribution is 0.284. The van der Waals surface area contributed by atoms with Gasteiger partial charge in [-0.3, -0.25) is 0 Å². The molecule has 1 N–H and O–H groups in total. The first-order chi connectivity index (χ1) is 13.6. The Morgan fingerprint density at radius 3 is 2.54 bits per heavy atom. The number of ether oxygens (including phenoxy) is 2. The number of methoxy groups -OCH3 is 1. The summed E-state index contributed by atoms with van der Waals surface area (Å²) in [7, 11) is 1.68. The Morgan fingerprint density at radius 1 is 1.07 bits per heavy atom. The van der Waals surface area contributed by atoms with Crippen LogP contribution in [0.5, 0.6) is 11.5 Å². The Morgan fingerprint density at radius 2 is 1.86 bits per heavy atom. The summed E-state index contributed by atoms with van der Waals surface area (Å²) in [5.74, 6) is 1.51. The molecule has 0 radical (unpaired) electrons. The minimum absolute atomic E-state index is 0.521. The van der Waals surface area contributed by atoms with E-state index in [0.29, 0.717) is 6.61 Å². The maximum Gasteiger partial charge on any atom is 0.162 e. The fourth-order valence-corrected chi connectivity index (χ4v) is 3.60. The van der Waals surface area contributed by atoms with E-state index in [2.05, 4.69) is 71.2 Å². The third-order valence-electron chi connectivity index (χ3n) is 4.85. The summed E-state index contributed by atoms with van der Waals surface area (Å²) in [4.78, 5) is 2.45. The molecule has 0 aliphatic heterocycles. The van der Waals surface area contributed by atoms with Crippen molar-refractivity contribution in [2.45, 2.75) is 40.3 Å². The smallest absolute Gasteiger partial charge is 0.162 e. The predicted molar refractivity (Wildman–Crippen MR) is 120 cm³/mol. The molecule has 28 heavy (non-hydrogen) atoms. The molecule has 0 aliphatic rings. The van der Waals surface area contributed by atoms with E-state index >= 15 is 0 Å². The lowest BCUT2D eigenvalue weighted by Crippen LogP contribution is -2.27. The number of rotatable bonds is 12. The largest absolute Gasteiger partial charge is 0.493 e. The van der Waals surface area contributed by atoms with Crippen LogP contribution in [0.1, 0.15) is 37.0 Å². The van der Waals surface area contributed by atoms with Crippen molar-refractivity contribution in [2.75, 3.05) is 33.3 Å². The minimum atomic E-state index is 0.521. The molecule has 0 atom stereocenters. The van der Waals surface area contributed by atoms with Gasteiger partial charge in [0.25, 0.3) is 0 Å². The van der Waals surface area contributed by atoms with Gasteiger partial charge in [0.1, 0.15) is 6.61 Å². The Labute approximate surface area is 178 Å². The first kappa shape index (κ1) is 22.7. The van der Waals surface area contributed by atoms with E-state index in [1.54, 1.807) is 7.11 Å². The van der Waals surface area contributed by atoms with Crippen molar-refractivity contribution >= 4 is 15.9 Å². The minimum Gasteiger partial charge on any atom is -0.493 e. The highest BCUT2D eigenvalue weighted by Crippen LogP contribution is 2.34. The highest BCUT2D eigenvalue weighted by molar-refractivity contribution is 9.10.